The third-order valence-electron chi connectivity index (χ3n) is 9.14. The van der Waals surface area contributed by atoms with Crippen molar-refractivity contribution in [3.05, 3.63) is 81.9 Å². The minimum Gasteiger partial charge on any atom is -0.481 e. The standard InChI is InChI=1S/C32H34F2N6O3/c1-42-27-12-20(7-10-36-27)15-39(23-4-2-11-38(18-23)22-5-6-26(35)37-14-22)16-21-17-40-19-32(8-3-9-32)43-31-28(34)25(33)13-24(29(31)40)30(21)41/h5-7,10,12-14,17,23H,2-4,8-9,11,15-16,18-19H2,1H3,(H2,35,37). The Morgan fingerprint density at radius 2 is 2.02 bits per heavy atom. The maximum Gasteiger partial charge on any atom is 0.213 e. The first-order valence-corrected chi connectivity index (χ1v) is 14.7. The fraction of sp³-hybridized carbons (Fsp3) is 0.406. The van der Waals surface area contributed by atoms with Crippen LogP contribution in [-0.4, -0.2) is 51.3 Å². The number of pyridine rings is 3. The van der Waals surface area contributed by atoms with E-state index in [1.165, 1.54) is 0 Å². The predicted molar refractivity (Wildman–Crippen MR) is 159 cm³/mol. The van der Waals surface area contributed by atoms with Gasteiger partial charge in [-0.1, -0.05) is 0 Å². The molecule has 43 heavy (non-hydrogen) atoms. The lowest BCUT2D eigenvalue weighted by Gasteiger charge is -2.45. The Hall–Kier alpha value is -4.25. The molecule has 1 saturated carbocycles. The Morgan fingerprint density at radius 3 is 2.77 bits per heavy atom. The highest BCUT2D eigenvalue weighted by atomic mass is 19.2. The van der Waals surface area contributed by atoms with Crippen molar-refractivity contribution < 1.29 is 18.3 Å². The SMILES string of the molecule is COc1cc(CN(Cc2cn3c4c(c(F)c(F)cc4c2=O)OC2(CCC2)C3)C2CCCN(c3ccc(N)nc3)C2)ccn1. The molecule has 1 unspecified atom stereocenters. The molecule has 0 radical (unpaired) electrons. The molecule has 224 valence electrons. The van der Waals surface area contributed by atoms with Crippen molar-refractivity contribution in [1.29, 1.82) is 0 Å². The number of rotatable bonds is 7. The first-order chi connectivity index (χ1) is 20.8. The summed E-state index contributed by atoms with van der Waals surface area (Å²) in [5.74, 6) is -1.26. The molecule has 1 spiro atoms. The van der Waals surface area contributed by atoms with Crippen LogP contribution in [0.1, 0.15) is 43.2 Å². The Balaban J connectivity index is 1.27. The van der Waals surface area contributed by atoms with Crippen LogP contribution in [0.5, 0.6) is 11.6 Å². The third-order valence-corrected chi connectivity index (χ3v) is 9.14. The molecule has 0 amide bonds. The Labute approximate surface area is 247 Å². The minimum absolute atomic E-state index is 0.101. The van der Waals surface area contributed by atoms with Crippen LogP contribution in [-0.2, 0) is 19.6 Å². The molecular weight excluding hydrogens is 554 g/mol. The topological polar surface area (TPSA) is 98.7 Å². The molecular formula is C32H34F2N6O3. The van der Waals surface area contributed by atoms with E-state index in [0.717, 1.165) is 62.5 Å². The number of nitrogens with two attached hydrogens (primary N) is 1. The summed E-state index contributed by atoms with van der Waals surface area (Å²) in [6.45, 7) is 3.00. The van der Waals surface area contributed by atoms with Crippen LogP contribution in [0.15, 0.2) is 53.7 Å². The van der Waals surface area contributed by atoms with Crippen molar-refractivity contribution in [3.8, 4) is 11.6 Å². The van der Waals surface area contributed by atoms with E-state index in [1.54, 1.807) is 25.6 Å². The summed E-state index contributed by atoms with van der Waals surface area (Å²) in [5.41, 5.74) is 7.81. The molecule has 11 heteroatoms. The van der Waals surface area contributed by atoms with E-state index in [9.17, 15) is 13.6 Å². The van der Waals surface area contributed by atoms with E-state index >= 15 is 0 Å². The van der Waals surface area contributed by atoms with Gasteiger partial charge in [0.05, 0.1) is 36.4 Å². The van der Waals surface area contributed by atoms with Gasteiger partial charge in [-0.25, -0.2) is 14.4 Å². The van der Waals surface area contributed by atoms with Crippen LogP contribution in [0.2, 0.25) is 0 Å². The maximum absolute atomic E-state index is 15.0. The Kier molecular flexibility index (Phi) is 6.92. The quantitative estimate of drug-likeness (QED) is 0.333. The van der Waals surface area contributed by atoms with Crippen molar-refractivity contribution in [1.82, 2.24) is 19.4 Å². The van der Waals surface area contributed by atoms with Crippen LogP contribution in [0, 0.1) is 11.6 Å². The second-order valence-electron chi connectivity index (χ2n) is 11.9. The van der Waals surface area contributed by atoms with Gasteiger partial charge in [0, 0.05) is 56.2 Å². The van der Waals surface area contributed by atoms with Gasteiger partial charge in [0.2, 0.25) is 11.7 Å². The van der Waals surface area contributed by atoms with Crippen molar-refractivity contribution in [2.45, 2.75) is 63.4 Å². The summed E-state index contributed by atoms with van der Waals surface area (Å²) in [5, 5.41) is 0.143. The highest BCUT2D eigenvalue weighted by Gasteiger charge is 2.44. The molecule has 2 N–H and O–H groups in total. The number of ether oxygens (including phenoxy) is 2. The van der Waals surface area contributed by atoms with Crippen LogP contribution in [0.25, 0.3) is 10.9 Å². The zero-order valence-electron chi connectivity index (χ0n) is 24.1. The zero-order valence-corrected chi connectivity index (χ0v) is 24.1. The average Bonchev–Trinajstić information content (AvgIpc) is 3.01. The molecule has 1 aliphatic carbocycles. The van der Waals surface area contributed by atoms with E-state index in [-0.39, 0.29) is 22.6 Å². The molecule has 9 nitrogen and oxygen atoms in total. The van der Waals surface area contributed by atoms with Crippen molar-refractivity contribution in [2.75, 3.05) is 30.8 Å². The van der Waals surface area contributed by atoms with E-state index in [1.807, 2.05) is 29.0 Å². The lowest BCUT2D eigenvalue weighted by molar-refractivity contribution is -0.0316. The van der Waals surface area contributed by atoms with E-state index in [0.29, 0.717) is 42.4 Å². The van der Waals surface area contributed by atoms with Crippen molar-refractivity contribution >= 4 is 22.4 Å². The summed E-state index contributed by atoms with van der Waals surface area (Å²) >= 11 is 0. The molecule has 0 bridgehead atoms. The maximum atomic E-state index is 15.0. The normalized spacial score (nSPS) is 19.0. The molecule has 1 saturated heterocycles. The summed E-state index contributed by atoms with van der Waals surface area (Å²) in [6.07, 6.45) is 9.72. The summed E-state index contributed by atoms with van der Waals surface area (Å²) in [7, 11) is 1.58. The van der Waals surface area contributed by atoms with Gasteiger partial charge in [0.25, 0.3) is 0 Å². The monoisotopic (exact) mass is 588 g/mol. The second kappa shape index (κ2) is 10.8. The highest BCUT2D eigenvalue weighted by Crippen LogP contribution is 2.45. The third kappa shape index (κ3) is 5.05. The first kappa shape index (κ1) is 27.6. The number of hydrogen-bond donors (Lipinski definition) is 1. The smallest absolute Gasteiger partial charge is 0.213 e. The number of methoxy groups -OCH3 is 1. The molecule has 3 aliphatic rings. The number of halogens is 2. The van der Waals surface area contributed by atoms with Gasteiger partial charge in [0.1, 0.15) is 11.4 Å². The van der Waals surface area contributed by atoms with E-state index < -0.39 is 17.2 Å². The molecule has 1 aromatic carbocycles. The number of hydrogen-bond acceptors (Lipinski definition) is 8. The minimum atomic E-state index is -1.07. The number of benzene rings is 1. The summed E-state index contributed by atoms with van der Waals surface area (Å²) < 4.78 is 43.1. The second-order valence-corrected chi connectivity index (χ2v) is 11.9. The molecule has 3 aromatic heterocycles. The number of piperidine rings is 1. The summed E-state index contributed by atoms with van der Waals surface area (Å²) in [6, 6.07) is 8.75. The van der Waals surface area contributed by atoms with Gasteiger partial charge in [-0.15, -0.1) is 0 Å². The van der Waals surface area contributed by atoms with Gasteiger partial charge in [-0.3, -0.25) is 9.69 Å². The molecule has 2 fully saturated rings. The largest absolute Gasteiger partial charge is 0.481 e. The first-order valence-electron chi connectivity index (χ1n) is 14.7. The highest BCUT2D eigenvalue weighted by molar-refractivity contribution is 5.86. The van der Waals surface area contributed by atoms with Gasteiger partial charge in [-0.05, 0) is 61.9 Å². The Bertz CT molecular complexity index is 1740. The van der Waals surface area contributed by atoms with E-state index in [2.05, 4.69) is 19.8 Å². The fourth-order valence-electron chi connectivity index (χ4n) is 6.76. The lowest BCUT2D eigenvalue weighted by Crippen LogP contribution is -2.50. The van der Waals surface area contributed by atoms with Gasteiger partial charge in [0.15, 0.2) is 17.0 Å². The van der Waals surface area contributed by atoms with Crippen LogP contribution in [0.4, 0.5) is 20.3 Å². The van der Waals surface area contributed by atoms with Crippen molar-refractivity contribution in [2.24, 2.45) is 0 Å². The van der Waals surface area contributed by atoms with Gasteiger partial charge in [-0.2, -0.15) is 4.39 Å². The van der Waals surface area contributed by atoms with E-state index in [4.69, 9.17) is 15.2 Å². The fourth-order valence-corrected chi connectivity index (χ4v) is 6.76. The molecule has 7 rings (SSSR count). The van der Waals surface area contributed by atoms with Gasteiger partial charge >= 0.3 is 0 Å². The molecule has 2 aliphatic heterocycles. The number of nitrogens with zero attached hydrogens (tertiary/aromatic N) is 5. The molecule has 4 aromatic rings. The van der Waals surface area contributed by atoms with Crippen LogP contribution < -0.4 is 25.5 Å². The lowest BCUT2D eigenvalue weighted by atomic mass is 9.79. The van der Waals surface area contributed by atoms with Crippen LogP contribution >= 0.6 is 0 Å². The van der Waals surface area contributed by atoms with Gasteiger partial charge < -0.3 is 24.7 Å². The molecule has 1 atom stereocenters. The van der Waals surface area contributed by atoms with Crippen LogP contribution in [0.3, 0.4) is 0 Å². The number of anilines is 2. The Morgan fingerprint density at radius 1 is 1.16 bits per heavy atom. The average molecular weight is 589 g/mol. The predicted octanol–water partition coefficient (Wildman–Crippen LogP) is 4.65. The summed E-state index contributed by atoms with van der Waals surface area (Å²) in [4.78, 5) is 27.0. The van der Waals surface area contributed by atoms with Crippen molar-refractivity contribution in [3.63, 3.8) is 0 Å². The molecule has 5 heterocycles. The number of aromatic nitrogens is 3. The number of nitrogen functional groups attached to an aromatic ring is 1. The zero-order chi connectivity index (χ0) is 29.7.